The van der Waals surface area contributed by atoms with Gasteiger partial charge in [-0.25, -0.2) is 4.79 Å². The Hall–Kier alpha value is -0.480. The minimum Gasteiger partial charge on any atom is -0.338 e. The number of hydrogen-bond donors (Lipinski definition) is 2. The molecule has 1 rings (SSSR count). The largest absolute Gasteiger partial charge is 0.338 e. The van der Waals surface area contributed by atoms with Crippen molar-refractivity contribution in [3.05, 3.63) is 0 Å². The molecule has 0 aliphatic carbocycles. The second-order valence-electron chi connectivity index (χ2n) is 2.68. The molecule has 0 aromatic carbocycles. The van der Waals surface area contributed by atoms with Crippen molar-refractivity contribution in [3.63, 3.8) is 0 Å². The molecule has 1 fully saturated rings. The van der Waals surface area contributed by atoms with Gasteiger partial charge < -0.3 is 15.5 Å². The molecule has 4 nitrogen and oxygen atoms in total. The topological polar surface area (TPSA) is 44.4 Å². The van der Waals surface area contributed by atoms with E-state index in [2.05, 4.69) is 10.6 Å². The van der Waals surface area contributed by atoms with Gasteiger partial charge in [0, 0.05) is 26.2 Å². The predicted octanol–water partition coefficient (Wildman–Crippen LogP) is 0.0429. The van der Waals surface area contributed by atoms with Gasteiger partial charge >= 0.3 is 6.03 Å². The van der Waals surface area contributed by atoms with Crippen molar-refractivity contribution in [3.8, 4) is 0 Å². The first-order chi connectivity index (χ1) is 5.34. The summed E-state index contributed by atoms with van der Waals surface area (Å²) in [4.78, 5) is 12.9. The number of halogens is 1. The lowest BCUT2D eigenvalue weighted by atomic mass is 10.3. The summed E-state index contributed by atoms with van der Waals surface area (Å²) in [6.07, 6.45) is 1.06. The summed E-state index contributed by atoms with van der Waals surface area (Å²) >= 11 is 0. The van der Waals surface area contributed by atoms with Crippen molar-refractivity contribution in [1.29, 1.82) is 0 Å². The van der Waals surface area contributed by atoms with Crippen molar-refractivity contribution < 1.29 is 4.79 Å². The molecule has 1 heterocycles. The normalized spacial score (nSPS) is 16.8. The number of amides is 2. The van der Waals surface area contributed by atoms with Gasteiger partial charge in [-0.3, -0.25) is 0 Å². The average molecular weight is 194 g/mol. The fourth-order valence-corrected chi connectivity index (χ4v) is 1.14. The minimum atomic E-state index is 0. The van der Waals surface area contributed by atoms with Gasteiger partial charge in [0.15, 0.2) is 0 Å². The number of carbonyl (C=O) groups excluding carboxylic acids is 1. The van der Waals surface area contributed by atoms with Crippen LogP contribution < -0.4 is 10.6 Å². The van der Waals surface area contributed by atoms with Crippen LogP contribution in [0, 0.1) is 0 Å². The molecule has 0 unspecified atom stereocenters. The molecule has 1 aliphatic heterocycles. The SMILES string of the molecule is CNCCN1CCCNC1=O.Cl. The van der Waals surface area contributed by atoms with Crippen LogP contribution in [0.4, 0.5) is 4.79 Å². The highest BCUT2D eigenvalue weighted by Crippen LogP contribution is 1.96. The summed E-state index contributed by atoms with van der Waals surface area (Å²) in [7, 11) is 1.89. The number of nitrogens with zero attached hydrogens (tertiary/aromatic N) is 1. The molecule has 0 atom stereocenters. The van der Waals surface area contributed by atoms with Crippen molar-refractivity contribution in [2.24, 2.45) is 0 Å². The van der Waals surface area contributed by atoms with Crippen LogP contribution in [-0.2, 0) is 0 Å². The van der Waals surface area contributed by atoms with Gasteiger partial charge in [-0.2, -0.15) is 0 Å². The molecular formula is C7H16ClN3O. The monoisotopic (exact) mass is 193 g/mol. The van der Waals surface area contributed by atoms with Crippen molar-refractivity contribution >= 4 is 18.4 Å². The summed E-state index contributed by atoms with van der Waals surface area (Å²) < 4.78 is 0. The second-order valence-corrected chi connectivity index (χ2v) is 2.68. The molecule has 1 saturated heterocycles. The van der Waals surface area contributed by atoms with Gasteiger partial charge in [-0.15, -0.1) is 12.4 Å². The zero-order chi connectivity index (χ0) is 8.10. The van der Waals surface area contributed by atoms with E-state index in [1.807, 2.05) is 11.9 Å². The minimum absolute atomic E-state index is 0. The number of carbonyl (C=O) groups is 1. The van der Waals surface area contributed by atoms with E-state index in [4.69, 9.17) is 0 Å². The lowest BCUT2D eigenvalue weighted by Gasteiger charge is -2.27. The third-order valence-corrected chi connectivity index (χ3v) is 1.80. The Morgan fingerprint density at radius 3 is 3.00 bits per heavy atom. The van der Waals surface area contributed by atoms with E-state index in [9.17, 15) is 4.79 Å². The van der Waals surface area contributed by atoms with Crippen LogP contribution >= 0.6 is 12.4 Å². The maximum absolute atomic E-state index is 11.1. The summed E-state index contributed by atoms with van der Waals surface area (Å²) in [5, 5.41) is 5.81. The molecule has 0 aromatic rings. The van der Waals surface area contributed by atoms with E-state index in [0.29, 0.717) is 0 Å². The first kappa shape index (κ1) is 11.5. The van der Waals surface area contributed by atoms with Crippen LogP contribution in [0.5, 0.6) is 0 Å². The molecule has 0 saturated carbocycles. The third-order valence-electron chi connectivity index (χ3n) is 1.80. The smallest absolute Gasteiger partial charge is 0.317 e. The molecule has 0 aromatic heterocycles. The molecule has 0 spiro atoms. The van der Waals surface area contributed by atoms with Crippen LogP contribution in [0.25, 0.3) is 0 Å². The standard InChI is InChI=1S/C7H15N3O.ClH/c1-8-4-6-10-5-2-3-9-7(10)11;/h8H,2-6H2,1H3,(H,9,11);1H. The lowest BCUT2D eigenvalue weighted by Crippen LogP contribution is -2.48. The summed E-state index contributed by atoms with van der Waals surface area (Å²) in [6, 6.07) is 0.0755. The van der Waals surface area contributed by atoms with Gasteiger partial charge in [0.1, 0.15) is 0 Å². The Morgan fingerprint density at radius 2 is 2.42 bits per heavy atom. The Kier molecular flexibility index (Phi) is 5.84. The second kappa shape index (κ2) is 6.08. The third kappa shape index (κ3) is 3.28. The molecule has 2 amide bonds. The van der Waals surface area contributed by atoms with Gasteiger partial charge in [0.2, 0.25) is 0 Å². The Labute approximate surface area is 79.1 Å². The Balaban J connectivity index is 0.00000121. The highest BCUT2D eigenvalue weighted by Gasteiger charge is 2.15. The van der Waals surface area contributed by atoms with Crippen LogP contribution in [-0.4, -0.2) is 44.2 Å². The highest BCUT2D eigenvalue weighted by molar-refractivity contribution is 5.85. The van der Waals surface area contributed by atoms with Crippen LogP contribution in [0.1, 0.15) is 6.42 Å². The molecular weight excluding hydrogens is 178 g/mol. The van der Waals surface area contributed by atoms with Crippen molar-refractivity contribution in [1.82, 2.24) is 15.5 Å². The van der Waals surface area contributed by atoms with Gasteiger partial charge in [0.25, 0.3) is 0 Å². The summed E-state index contributed by atoms with van der Waals surface area (Å²) in [5.41, 5.74) is 0. The van der Waals surface area contributed by atoms with E-state index < -0.39 is 0 Å². The molecule has 72 valence electrons. The van der Waals surface area contributed by atoms with Gasteiger partial charge in [0.05, 0.1) is 0 Å². The molecule has 5 heteroatoms. The first-order valence-corrected chi connectivity index (χ1v) is 4.02. The Bertz CT molecular complexity index is 143. The Morgan fingerprint density at radius 1 is 1.67 bits per heavy atom. The average Bonchev–Trinajstić information content (AvgIpc) is 2.03. The molecule has 0 radical (unpaired) electrons. The lowest BCUT2D eigenvalue weighted by molar-refractivity contribution is 0.187. The summed E-state index contributed by atoms with van der Waals surface area (Å²) in [6.45, 7) is 3.40. The van der Waals surface area contributed by atoms with Gasteiger partial charge in [-0.1, -0.05) is 0 Å². The predicted molar refractivity (Wildman–Crippen MR) is 50.8 cm³/mol. The summed E-state index contributed by atoms with van der Waals surface area (Å²) in [5.74, 6) is 0. The van der Waals surface area contributed by atoms with E-state index in [1.165, 1.54) is 0 Å². The maximum Gasteiger partial charge on any atom is 0.317 e. The maximum atomic E-state index is 11.1. The van der Waals surface area contributed by atoms with E-state index in [1.54, 1.807) is 0 Å². The number of likely N-dealkylation sites (N-methyl/N-ethyl adjacent to an activating group) is 1. The fraction of sp³-hybridized carbons (Fsp3) is 0.857. The molecule has 12 heavy (non-hydrogen) atoms. The zero-order valence-electron chi connectivity index (χ0n) is 7.30. The van der Waals surface area contributed by atoms with Crippen LogP contribution in [0.2, 0.25) is 0 Å². The number of hydrogen-bond acceptors (Lipinski definition) is 2. The van der Waals surface area contributed by atoms with E-state index in [0.717, 1.165) is 32.6 Å². The van der Waals surface area contributed by atoms with E-state index >= 15 is 0 Å². The zero-order valence-corrected chi connectivity index (χ0v) is 8.12. The number of urea groups is 1. The molecule has 1 aliphatic rings. The number of nitrogens with one attached hydrogen (secondary N) is 2. The molecule has 0 bridgehead atoms. The fourth-order valence-electron chi connectivity index (χ4n) is 1.14. The van der Waals surface area contributed by atoms with E-state index in [-0.39, 0.29) is 18.4 Å². The first-order valence-electron chi connectivity index (χ1n) is 4.02. The van der Waals surface area contributed by atoms with Gasteiger partial charge in [-0.05, 0) is 13.5 Å². The van der Waals surface area contributed by atoms with Crippen molar-refractivity contribution in [2.75, 3.05) is 33.2 Å². The van der Waals surface area contributed by atoms with Crippen LogP contribution in [0.15, 0.2) is 0 Å². The van der Waals surface area contributed by atoms with Crippen LogP contribution in [0.3, 0.4) is 0 Å². The molecule has 2 N–H and O–H groups in total. The van der Waals surface area contributed by atoms with Crippen molar-refractivity contribution in [2.45, 2.75) is 6.42 Å². The highest BCUT2D eigenvalue weighted by atomic mass is 35.5. The quantitative estimate of drug-likeness (QED) is 0.665. The number of rotatable bonds is 3.